The number of aryl methyl sites for hydroxylation is 1. The number of likely N-dealkylation sites (tertiary alicyclic amines) is 1. The molecule has 2 aromatic heterocycles. The number of pyridine rings is 1. The Labute approximate surface area is 197 Å². The van der Waals surface area contributed by atoms with Gasteiger partial charge in [-0.05, 0) is 50.7 Å². The molecule has 2 aromatic rings. The van der Waals surface area contributed by atoms with Crippen LogP contribution in [0, 0.1) is 0 Å². The highest BCUT2D eigenvalue weighted by Crippen LogP contribution is 2.24. The van der Waals surface area contributed by atoms with E-state index in [2.05, 4.69) is 34.3 Å². The highest BCUT2D eigenvalue weighted by atomic mass is 16.2. The lowest BCUT2D eigenvalue weighted by Gasteiger charge is -2.31. The van der Waals surface area contributed by atoms with Gasteiger partial charge in [0, 0.05) is 45.3 Å². The maximum absolute atomic E-state index is 13.2. The normalized spacial score (nSPS) is 18.2. The fourth-order valence-electron chi connectivity index (χ4n) is 4.92. The first-order valence-electron chi connectivity index (χ1n) is 12.6. The molecule has 178 valence electrons. The summed E-state index contributed by atoms with van der Waals surface area (Å²) in [6.07, 6.45) is 12.6. The Hall–Kier alpha value is -2.67. The number of allylic oxidation sites excluding steroid dienone is 1. The van der Waals surface area contributed by atoms with E-state index in [1.165, 1.54) is 25.7 Å². The molecule has 0 aromatic carbocycles. The van der Waals surface area contributed by atoms with Gasteiger partial charge in [0.05, 0.1) is 5.39 Å². The highest BCUT2D eigenvalue weighted by Gasteiger charge is 2.24. The van der Waals surface area contributed by atoms with Gasteiger partial charge in [-0.1, -0.05) is 25.0 Å². The van der Waals surface area contributed by atoms with E-state index in [0.29, 0.717) is 5.69 Å². The van der Waals surface area contributed by atoms with Crippen molar-refractivity contribution in [3.05, 3.63) is 43.1 Å². The van der Waals surface area contributed by atoms with E-state index in [-0.39, 0.29) is 11.9 Å². The van der Waals surface area contributed by atoms with E-state index in [1.54, 1.807) is 0 Å². The van der Waals surface area contributed by atoms with E-state index in [4.69, 9.17) is 10.1 Å². The van der Waals surface area contributed by atoms with Gasteiger partial charge in [-0.15, -0.1) is 13.2 Å². The predicted molar refractivity (Wildman–Crippen MR) is 135 cm³/mol. The van der Waals surface area contributed by atoms with E-state index < -0.39 is 0 Å². The van der Waals surface area contributed by atoms with Gasteiger partial charge in [-0.3, -0.25) is 9.69 Å². The van der Waals surface area contributed by atoms with Crippen LogP contribution in [0.25, 0.3) is 11.0 Å². The van der Waals surface area contributed by atoms with Crippen molar-refractivity contribution in [1.29, 1.82) is 0 Å². The van der Waals surface area contributed by atoms with Gasteiger partial charge >= 0.3 is 0 Å². The van der Waals surface area contributed by atoms with Crippen LogP contribution >= 0.6 is 0 Å². The van der Waals surface area contributed by atoms with Gasteiger partial charge in [0.1, 0.15) is 5.82 Å². The van der Waals surface area contributed by atoms with Crippen LogP contribution < -0.4 is 10.2 Å². The van der Waals surface area contributed by atoms with Crippen molar-refractivity contribution in [1.82, 2.24) is 25.0 Å². The fourth-order valence-corrected chi connectivity index (χ4v) is 4.92. The molecule has 0 atom stereocenters. The topological polar surface area (TPSA) is 66.3 Å². The Morgan fingerprint density at radius 1 is 1.06 bits per heavy atom. The number of fused-ring (bicyclic) bond motifs is 1. The van der Waals surface area contributed by atoms with Crippen LogP contribution in [0.3, 0.4) is 0 Å². The van der Waals surface area contributed by atoms with Crippen LogP contribution in [0.5, 0.6) is 0 Å². The number of aromatic nitrogens is 3. The van der Waals surface area contributed by atoms with Crippen molar-refractivity contribution in [2.75, 3.05) is 37.6 Å². The van der Waals surface area contributed by atoms with Crippen LogP contribution in [-0.2, 0) is 6.54 Å². The minimum Gasteiger partial charge on any atom is -0.357 e. The summed E-state index contributed by atoms with van der Waals surface area (Å²) in [6, 6.07) is 4.29. The van der Waals surface area contributed by atoms with Crippen LogP contribution in [0.1, 0.15) is 61.9 Å². The zero-order valence-corrected chi connectivity index (χ0v) is 19.8. The maximum atomic E-state index is 13.2. The first-order chi connectivity index (χ1) is 16.2. The number of amides is 1. The molecule has 7 heteroatoms. The summed E-state index contributed by atoms with van der Waals surface area (Å²) in [5.41, 5.74) is 1.30. The van der Waals surface area contributed by atoms with E-state index in [1.807, 2.05) is 22.9 Å². The van der Waals surface area contributed by atoms with Gasteiger partial charge in [-0.2, -0.15) is 5.10 Å². The molecule has 2 aliphatic rings. The number of carbonyl (C=O) groups excluding carboxylic acids is 1. The van der Waals surface area contributed by atoms with E-state index >= 15 is 0 Å². The molecule has 1 N–H and O–H groups in total. The lowest BCUT2D eigenvalue weighted by atomic mass is 10.0. The van der Waals surface area contributed by atoms with Crippen molar-refractivity contribution in [3.8, 4) is 0 Å². The minimum atomic E-state index is -0.0889. The zero-order valence-electron chi connectivity index (χ0n) is 19.8. The zero-order chi connectivity index (χ0) is 23.0. The lowest BCUT2D eigenvalue weighted by Crippen LogP contribution is -2.44. The molecular formula is C26H38N6O. The standard InChI is InChI=1S/C26H38N6O/c1-3-5-8-18-32-25-22(11-12-23(28-25)31-16-9-6-7-10-17-31)24(29-32)26(33)27-21-13-19-30(15-4-2)20-14-21/h3-4,11-12,21H,1-2,5-10,13-20H2,(H,27,33). The summed E-state index contributed by atoms with van der Waals surface area (Å²) < 4.78 is 1.92. The van der Waals surface area contributed by atoms with Crippen LogP contribution in [0.15, 0.2) is 37.4 Å². The van der Waals surface area contributed by atoms with Crippen molar-refractivity contribution >= 4 is 22.8 Å². The van der Waals surface area contributed by atoms with Crippen LogP contribution in [-0.4, -0.2) is 64.3 Å². The molecule has 0 saturated carbocycles. The van der Waals surface area contributed by atoms with Crippen molar-refractivity contribution in [2.45, 2.75) is 64.0 Å². The monoisotopic (exact) mass is 450 g/mol. The third-order valence-electron chi connectivity index (χ3n) is 6.81. The first kappa shape index (κ1) is 23.5. The van der Waals surface area contributed by atoms with E-state index in [0.717, 1.165) is 81.8 Å². The quantitative estimate of drug-likeness (QED) is 0.459. The molecule has 33 heavy (non-hydrogen) atoms. The Morgan fingerprint density at radius 2 is 1.82 bits per heavy atom. The molecule has 0 bridgehead atoms. The van der Waals surface area contributed by atoms with Crippen molar-refractivity contribution < 1.29 is 4.79 Å². The third kappa shape index (κ3) is 5.82. The molecule has 2 aliphatic heterocycles. The Morgan fingerprint density at radius 3 is 2.52 bits per heavy atom. The maximum Gasteiger partial charge on any atom is 0.272 e. The number of rotatable bonds is 9. The number of unbranched alkanes of at least 4 members (excludes halogenated alkanes) is 1. The number of hydrogen-bond donors (Lipinski definition) is 1. The Balaban J connectivity index is 1.54. The highest BCUT2D eigenvalue weighted by molar-refractivity contribution is 6.04. The largest absolute Gasteiger partial charge is 0.357 e. The SMILES string of the molecule is C=CCCCn1nc(C(=O)NC2CCN(CC=C)CC2)c2ccc(N3CCCCCC3)nc21. The molecule has 0 unspecified atom stereocenters. The van der Waals surface area contributed by atoms with Gasteiger partial charge in [-0.25, -0.2) is 9.67 Å². The van der Waals surface area contributed by atoms with Crippen LogP contribution in [0.2, 0.25) is 0 Å². The fraction of sp³-hybridized carbons (Fsp3) is 0.577. The average molecular weight is 451 g/mol. The number of nitrogens with zero attached hydrogens (tertiary/aromatic N) is 5. The smallest absolute Gasteiger partial charge is 0.272 e. The second-order valence-electron chi connectivity index (χ2n) is 9.28. The number of piperidine rings is 1. The average Bonchev–Trinajstić information content (AvgIpc) is 2.99. The van der Waals surface area contributed by atoms with Gasteiger partial charge < -0.3 is 10.2 Å². The molecule has 4 heterocycles. The lowest BCUT2D eigenvalue weighted by molar-refractivity contribution is 0.0909. The summed E-state index contributed by atoms with van der Waals surface area (Å²) in [5.74, 6) is 0.907. The van der Waals surface area contributed by atoms with Gasteiger partial charge in [0.2, 0.25) is 0 Å². The van der Waals surface area contributed by atoms with Gasteiger partial charge in [0.15, 0.2) is 11.3 Å². The molecule has 0 spiro atoms. The van der Waals surface area contributed by atoms with Crippen molar-refractivity contribution in [3.63, 3.8) is 0 Å². The predicted octanol–water partition coefficient (Wildman–Crippen LogP) is 4.16. The summed E-state index contributed by atoms with van der Waals surface area (Å²) in [7, 11) is 0. The summed E-state index contributed by atoms with van der Waals surface area (Å²) in [6.45, 7) is 13.3. The molecule has 1 amide bonds. The molecule has 2 saturated heterocycles. The molecule has 4 rings (SSSR count). The Kier molecular flexibility index (Phi) is 8.15. The summed E-state index contributed by atoms with van der Waals surface area (Å²) in [5, 5.41) is 8.82. The van der Waals surface area contributed by atoms with Gasteiger partial charge in [0.25, 0.3) is 5.91 Å². The number of hydrogen-bond acceptors (Lipinski definition) is 5. The van der Waals surface area contributed by atoms with Crippen molar-refractivity contribution in [2.24, 2.45) is 0 Å². The van der Waals surface area contributed by atoms with E-state index in [9.17, 15) is 4.79 Å². The number of carbonyl (C=O) groups is 1. The summed E-state index contributed by atoms with van der Waals surface area (Å²) >= 11 is 0. The molecular weight excluding hydrogens is 412 g/mol. The third-order valence-corrected chi connectivity index (χ3v) is 6.81. The molecule has 0 radical (unpaired) electrons. The molecule has 2 fully saturated rings. The minimum absolute atomic E-state index is 0.0889. The molecule has 0 aliphatic carbocycles. The van der Waals surface area contributed by atoms with Crippen LogP contribution in [0.4, 0.5) is 5.82 Å². The number of anilines is 1. The second-order valence-corrected chi connectivity index (χ2v) is 9.28. The Bertz CT molecular complexity index is 951. The number of nitrogens with one attached hydrogen (secondary N) is 1. The second kappa shape index (κ2) is 11.5. The molecule has 7 nitrogen and oxygen atoms in total. The summed E-state index contributed by atoms with van der Waals surface area (Å²) in [4.78, 5) is 23.0. The first-order valence-corrected chi connectivity index (χ1v) is 12.6.